The number of aromatic amines is 1. The molecule has 0 saturated heterocycles. The van der Waals surface area contributed by atoms with Gasteiger partial charge in [-0.2, -0.15) is 5.10 Å². The Labute approximate surface area is 122 Å². The Morgan fingerprint density at radius 2 is 2.50 bits per heavy atom. The second-order valence-corrected chi connectivity index (χ2v) is 5.91. The second kappa shape index (κ2) is 5.66. The molecule has 5 nitrogen and oxygen atoms in total. The third-order valence-corrected chi connectivity index (χ3v) is 4.73. The van der Waals surface area contributed by atoms with Gasteiger partial charge in [0.25, 0.3) is 0 Å². The van der Waals surface area contributed by atoms with E-state index in [9.17, 15) is 4.79 Å². The highest BCUT2D eigenvalue weighted by Gasteiger charge is 2.30. The van der Waals surface area contributed by atoms with Gasteiger partial charge >= 0.3 is 6.03 Å². The van der Waals surface area contributed by atoms with Crippen LogP contribution in [0.25, 0.3) is 0 Å². The molecule has 2 aromatic rings. The van der Waals surface area contributed by atoms with Crippen molar-refractivity contribution in [2.45, 2.75) is 32.4 Å². The topological polar surface area (TPSA) is 61.0 Å². The van der Waals surface area contributed by atoms with E-state index in [-0.39, 0.29) is 12.1 Å². The number of carbonyl (C=O) groups is 1. The molecule has 0 aromatic carbocycles. The zero-order valence-electron chi connectivity index (χ0n) is 11.4. The largest absolute Gasteiger partial charge is 0.332 e. The lowest BCUT2D eigenvalue weighted by Crippen LogP contribution is -2.45. The number of aromatic nitrogens is 2. The zero-order chi connectivity index (χ0) is 13.9. The van der Waals surface area contributed by atoms with Crippen LogP contribution in [0, 0.1) is 0 Å². The van der Waals surface area contributed by atoms with Gasteiger partial charge in [-0.1, -0.05) is 6.92 Å². The van der Waals surface area contributed by atoms with Crippen molar-refractivity contribution in [1.29, 1.82) is 0 Å². The monoisotopic (exact) mass is 290 g/mol. The van der Waals surface area contributed by atoms with E-state index in [1.165, 1.54) is 10.4 Å². The lowest BCUT2D eigenvalue weighted by atomic mass is 9.98. The molecule has 1 atom stereocenters. The second-order valence-electron chi connectivity index (χ2n) is 4.91. The molecule has 0 radical (unpaired) electrons. The third kappa shape index (κ3) is 2.43. The number of nitrogens with one attached hydrogen (secondary N) is 2. The molecular weight excluding hydrogens is 272 g/mol. The van der Waals surface area contributed by atoms with Crippen molar-refractivity contribution in [1.82, 2.24) is 20.4 Å². The summed E-state index contributed by atoms with van der Waals surface area (Å²) in [5.41, 5.74) is 2.24. The van der Waals surface area contributed by atoms with Crippen molar-refractivity contribution in [3.63, 3.8) is 0 Å². The highest BCUT2D eigenvalue weighted by Crippen LogP contribution is 2.35. The molecule has 0 aliphatic carbocycles. The van der Waals surface area contributed by atoms with Crippen LogP contribution in [0.1, 0.15) is 35.5 Å². The van der Waals surface area contributed by atoms with Crippen molar-refractivity contribution in [2.75, 3.05) is 6.54 Å². The van der Waals surface area contributed by atoms with E-state index in [0.717, 1.165) is 25.1 Å². The zero-order valence-corrected chi connectivity index (χ0v) is 12.2. The van der Waals surface area contributed by atoms with Crippen LogP contribution < -0.4 is 5.32 Å². The molecular formula is C14H18N4OS. The number of nitrogens with zero attached hydrogens (tertiary/aromatic N) is 2. The molecule has 2 aromatic heterocycles. The van der Waals surface area contributed by atoms with Crippen LogP contribution in [-0.2, 0) is 13.0 Å². The predicted molar refractivity (Wildman–Crippen MR) is 78.6 cm³/mol. The van der Waals surface area contributed by atoms with Crippen molar-refractivity contribution in [3.05, 3.63) is 39.8 Å². The molecule has 0 fully saturated rings. The summed E-state index contributed by atoms with van der Waals surface area (Å²) in [4.78, 5) is 15.8. The normalized spacial score (nSPS) is 17.9. The summed E-state index contributed by atoms with van der Waals surface area (Å²) in [6.07, 6.45) is 3.59. The number of fused-ring (bicyclic) bond motifs is 1. The number of thiophene rings is 1. The molecule has 0 unspecified atom stereocenters. The van der Waals surface area contributed by atoms with Gasteiger partial charge in [0.05, 0.1) is 18.3 Å². The summed E-state index contributed by atoms with van der Waals surface area (Å²) in [6.45, 7) is 3.41. The van der Waals surface area contributed by atoms with Gasteiger partial charge in [0.1, 0.15) is 0 Å². The van der Waals surface area contributed by atoms with Gasteiger partial charge in [0.2, 0.25) is 0 Å². The van der Waals surface area contributed by atoms with E-state index in [1.54, 1.807) is 17.5 Å². The molecule has 1 aliphatic rings. The van der Waals surface area contributed by atoms with Crippen LogP contribution >= 0.6 is 11.3 Å². The number of carbonyl (C=O) groups excluding carboxylic acids is 1. The molecule has 2 amide bonds. The molecule has 3 rings (SSSR count). The highest BCUT2D eigenvalue weighted by atomic mass is 32.1. The predicted octanol–water partition coefficient (Wildman–Crippen LogP) is 2.69. The standard InChI is InChI=1S/C14H18N4OS/c1-2-12-11-5-8-20-13(11)4-7-18(12)14(19)15-9-10-3-6-16-17-10/h3,5-6,8,12H,2,4,7,9H2,1H3,(H,15,19)(H,16,17)/t12-/m0/s1. The summed E-state index contributed by atoms with van der Waals surface area (Å²) >= 11 is 1.80. The van der Waals surface area contributed by atoms with Crippen molar-refractivity contribution >= 4 is 17.4 Å². The van der Waals surface area contributed by atoms with Gasteiger partial charge in [-0.3, -0.25) is 5.10 Å². The van der Waals surface area contributed by atoms with E-state index in [4.69, 9.17) is 0 Å². The van der Waals surface area contributed by atoms with E-state index in [0.29, 0.717) is 6.54 Å². The number of amides is 2. The smallest absolute Gasteiger partial charge is 0.318 e. The molecule has 0 spiro atoms. The average Bonchev–Trinajstić information content (AvgIpc) is 3.14. The summed E-state index contributed by atoms with van der Waals surface area (Å²) < 4.78 is 0. The lowest BCUT2D eigenvalue weighted by molar-refractivity contribution is 0.167. The fourth-order valence-corrected chi connectivity index (χ4v) is 3.66. The van der Waals surface area contributed by atoms with Crippen LogP contribution in [0.3, 0.4) is 0 Å². The van der Waals surface area contributed by atoms with E-state index in [1.807, 2.05) is 11.0 Å². The Hall–Kier alpha value is -1.82. The summed E-state index contributed by atoms with van der Waals surface area (Å²) in [7, 11) is 0. The van der Waals surface area contributed by atoms with Crippen LogP contribution in [-0.4, -0.2) is 27.7 Å². The molecule has 2 N–H and O–H groups in total. The molecule has 6 heteroatoms. The molecule has 0 saturated carbocycles. The number of hydrogen-bond acceptors (Lipinski definition) is 3. The van der Waals surface area contributed by atoms with Gasteiger partial charge in [-0.25, -0.2) is 4.79 Å². The maximum atomic E-state index is 12.4. The summed E-state index contributed by atoms with van der Waals surface area (Å²) in [6, 6.07) is 4.22. The highest BCUT2D eigenvalue weighted by molar-refractivity contribution is 7.10. The first-order chi connectivity index (χ1) is 9.79. The first-order valence-corrected chi connectivity index (χ1v) is 7.76. The van der Waals surface area contributed by atoms with Crippen LogP contribution in [0.5, 0.6) is 0 Å². The van der Waals surface area contributed by atoms with Crippen molar-refractivity contribution in [3.8, 4) is 0 Å². The van der Waals surface area contributed by atoms with Crippen LogP contribution in [0.15, 0.2) is 23.7 Å². The van der Waals surface area contributed by atoms with E-state index in [2.05, 4.69) is 33.9 Å². The molecule has 1 aliphatic heterocycles. The molecule has 106 valence electrons. The number of H-pyrrole nitrogens is 1. The first-order valence-electron chi connectivity index (χ1n) is 6.88. The van der Waals surface area contributed by atoms with Crippen LogP contribution in [0.2, 0.25) is 0 Å². The average molecular weight is 290 g/mol. The number of hydrogen-bond donors (Lipinski definition) is 2. The SMILES string of the molecule is CC[C@H]1c2ccsc2CCN1C(=O)NCc1ccn[nH]1. The summed E-state index contributed by atoms with van der Waals surface area (Å²) in [5, 5.41) is 11.8. The van der Waals surface area contributed by atoms with Gasteiger partial charge in [-0.15, -0.1) is 11.3 Å². The van der Waals surface area contributed by atoms with Gasteiger partial charge in [-0.05, 0) is 35.9 Å². The van der Waals surface area contributed by atoms with Gasteiger partial charge in [0, 0.05) is 17.6 Å². The third-order valence-electron chi connectivity index (χ3n) is 3.73. The van der Waals surface area contributed by atoms with Crippen molar-refractivity contribution < 1.29 is 4.79 Å². The Morgan fingerprint density at radius 3 is 3.25 bits per heavy atom. The number of rotatable bonds is 3. The Bertz CT molecular complexity index is 578. The maximum absolute atomic E-state index is 12.4. The Balaban J connectivity index is 1.68. The fourth-order valence-electron chi connectivity index (χ4n) is 2.74. The van der Waals surface area contributed by atoms with Gasteiger partial charge < -0.3 is 10.2 Å². The fraction of sp³-hybridized carbons (Fsp3) is 0.429. The van der Waals surface area contributed by atoms with E-state index < -0.39 is 0 Å². The molecule has 0 bridgehead atoms. The minimum Gasteiger partial charge on any atom is -0.332 e. The minimum absolute atomic E-state index is 0.00306. The number of urea groups is 1. The molecule has 20 heavy (non-hydrogen) atoms. The first kappa shape index (κ1) is 13.2. The lowest BCUT2D eigenvalue weighted by Gasteiger charge is -2.35. The Morgan fingerprint density at radius 1 is 1.60 bits per heavy atom. The Kier molecular flexibility index (Phi) is 3.73. The van der Waals surface area contributed by atoms with Crippen molar-refractivity contribution in [2.24, 2.45) is 0 Å². The van der Waals surface area contributed by atoms with Crippen LogP contribution in [0.4, 0.5) is 4.79 Å². The quantitative estimate of drug-likeness (QED) is 0.913. The van der Waals surface area contributed by atoms with E-state index >= 15 is 0 Å². The summed E-state index contributed by atoms with van der Waals surface area (Å²) in [5.74, 6) is 0. The maximum Gasteiger partial charge on any atom is 0.318 e. The molecule has 3 heterocycles. The van der Waals surface area contributed by atoms with Gasteiger partial charge in [0.15, 0.2) is 0 Å². The minimum atomic E-state index is 0.00306.